The second-order valence-electron chi connectivity index (χ2n) is 4.60. The molecule has 7 nitrogen and oxygen atoms in total. The van der Waals surface area contributed by atoms with E-state index in [0.29, 0.717) is 5.82 Å². The van der Waals surface area contributed by atoms with Gasteiger partial charge in [0.1, 0.15) is 11.9 Å². The van der Waals surface area contributed by atoms with Crippen LogP contribution >= 0.6 is 0 Å². The maximum absolute atomic E-state index is 12.1. The monoisotopic (exact) mass is 289 g/mol. The fourth-order valence-electron chi connectivity index (χ4n) is 1.47. The number of nitrogens with zero attached hydrogens (tertiary/aromatic N) is 2. The highest BCUT2D eigenvalue weighted by atomic mass is 32.2. The smallest absolute Gasteiger partial charge is 0.324 e. The van der Waals surface area contributed by atoms with Crippen molar-refractivity contribution >= 4 is 16.0 Å². The molecule has 0 saturated heterocycles. The zero-order valence-corrected chi connectivity index (χ0v) is 12.5. The molecule has 1 heterocycles. The van der Waals surface area contributed by atoms with Gasteiger partial charge in [0, 0.05) is 13.2 Å². The number of nitrogens with one attached hydrogen (secondary N) is 1. The van der Waals surface area contributed by atoms with Crippen LogP contribution in [0.4, 0.5) is 0 Å². The molecule has 8 heteroatoms. The largest absolute Gasteiger partial charge is 0.468 e. The molecule has 1 unspecified atom stereocenters. The number of carbonyl (C=O) groups excluding carboxylic acids is 1. The Morgan fingerprint density at radius 1 is 1.47 bits per heavy atom. The number of aromatic nitrogens is 2. The van der Waals surface area contributed by atoms with Gasteiger partial charge in [-0.2, -0.15) is 4.72 Å². The molecule has 1 rings (SSSR count). The molecule has 1 aromatic rings. The zero-order valence-electron chi connectivity index (χ0n) is 11.7. The van der Waals surface area contributed by atoms with Crippen molar-refractivity contribution < 1.29 is 17.9 Å². The lowest BCUT2D eigenvalue weighted by atomic mass is 10.1. The van der Waals surface area contributed by atoms with Crippen LogP contribution in [0.15, 0.2) is 11.2 Å². The molecule has 1 aromatic heterocycles. The summed E-state index contributed by atoms with van der Waals surface area (Å²) in [6.45, 7) is 5.15. The Balaban J connectivity index is 3.04. The number of methoxy groups -OCH3 is 1. The average molecular weight is 289 g/mol. The number of imidazole rings is 1. The molecule has 0 aliphatic rings. The molecule has 19 heavy (non-hydrogen) atoms. The number of sulfonamides is 1. The summed E-state index contributed by atoms with van der Waals surface area (Å²) in [6, 6.07) is -0.933. The minimum absolute atomic E-state index is 0.109. The third-order valence-corrected chi connectivity index (χ3v) is 4.08. The van der Waals surface area contributed by atoms with Gasteiger partial charge in [-0.05, 0) is 12.8 Å². The molecule has 0 fully saturated rings. The van der Waals surface area contributed by atoms with E-state index in [4.69, 9.17) is 0 Å². The van der Waals surface area contributed by atoms with E-state index in [1.807, 2.05) is 0 Å². The molecular formula is C11H19N3O4S. The van der Waals surface area contributed by atoms with E-state index in [0.717, 1.165) is 0 Å². The van der Waals surface area contributed by atoms with Crippen LogP contribution in [0, 0.1) is 12.8 Å². The topological polar surface area (TPSA) is 90.3 Å². The lowest BCUT2D eigenvalue weighted by Gasteiger charge is -2.18. The molecule has 0 aliphatic carbocycles. The van der Waals surface area contributed by atoms with Crippen LogP contribution in [0.5, 0.6) is 0 Å². The van der Waals surface area contributed by atoms with Gasteiger partial charge in [-0.1, -0.05) is 13.8 Å². The first-order chi connectivity index (χ1) is 8.69. The van der Waals surface area contributed by atoms with Crippen LogP contribution < -0.4 is 4.72 Å². The molecule has 0 bridgehead atoms. The van der Waals surface area contributed by atoms with Crippen LogP contribution in [0.3, 0.4) is 0 Å². The normalized spacial score (nSPS) is 13.6. The summed E-state index contributed by atoms with van der Waals surface area (Å²) in [7, 11) is -0.929. The summed E-state index contributed by atoms with van der Waals surface area (Å²) in [4.78, 5) is 15.5. The summed E-state index contributed by atoms with van der Waals surface area (Å²) in [5.74, 6) is -0.280. The molecule has 0 spiro atoms. The maximum Gasteiger partial charge on any atom is 0.324 e. The third-order valence-electron chi connectivity index (χ3n) is 2.77. The van der Waals surface area contributed by atoms with Gasteiger partial charge < -0.3 is 9.30 Å². The highest BCUT2D eigenvalue weighted by molar-refractivity contribution is 7.89. The molecule has 0 aliphatic heterocycles. The number of ether oxygens (including phenoxy) is 1. The van der Waals surface area contributed by atoms with Gasteiger partial charge in [0.2, 0.25) is 0 Å². The number of rotatable bonds is 5. The fraction of sp³-hybridized carbons (Fsp3) is 0.636. The van der Waals surface area contributed by atoms with Gasteiger partial charge in [0.05, 0.1) is 7.11 Å². The molecule has 1 atom stereocenters. The van der Waals surface area contributed by atoms with E-state index < -0.39 is 22.0 Å². The van der Waals surface area contributed by atoms with Gasteiger partial charge >= 0.3 is 5.97 Å². The maximum atomic E-state index is 12.1. The van der Waals surface area contributed by atoms with E-state index in [-0.39, 0.29) is 10.9 Å². The van der Waals surface area contributed by atoms with Crippen LogP contribution in [0.25, 0.3) is 0 Å². The van der Waals surface area contributed by atoms with E-state index in [1.165, 1.54) is 13.3 Å². The Bertz CT molecular complexity index is 543. The standard InChI is InChI=1S/C11H19N3O4S/c1-7(2)10(11(15)18-5)13-19(16,17)9-6-14(4)8(3)12-9/h6-7,10,13H,1-5H3. The van der Waals surface area contributed by atoms with Crippen LogP contribution in [0.2, 0.25) is 0 Å². The quantitative estimate of drug-likeness (QED) is 0.782. The number of hydrogen-bond acceptors (Lipinski definition) is 5. The van der Waals surface area contributed by atoms with Crippen LogP contribution in [-0.4, -0.2) is 37.1 Å². The molecule has 0 aromatic carbocycles. The zero-order chi connectivity index (χ0) is 14.8. The lowest BCUT2D eigenvalue weighted by Crippen LogP contribution is -2.45. The Morgan fingerprint density at radius 3 is 2.42 bits per heavy atom. The lowest BCUT2D eigenvalue weighted by molar-refractivity contribution is -0.143. The molecule has 0 saturated carbocycles. The summed E-state index contributed by atoms with van der Waals surface area (Å²) < 4.78 is 32.8. The Hall–Kier alpha value is -1.41. The van der Waals surface area contributed by atoms with Gasteiger partial charge in [-0.25, -0.2) is 13.4 Å². The summed E-state index contributed by atoms with van der Waals surface area (Å²) in [5.41, 5.74) is 0. The summed E-state index contributed by atoms with van der Waals surface area (Å²) in [6.07, 6.45) is 1.40. The highest BCUT2D eigenvalue weighted by Gasteiger charge is 2.30. The molecule has 108 valence electrons. The van der Waals surface area contributed by atoms with Crippen LogP contribution in [0.1, 0.15) is 19.7 Å². The van der Waals surface area contributed by atoms with Gasteiger partial charge in [0.15, 0.2) is 5.03 Å². The van der Waals surface area contributed by atoms with Crippen molar-refractivity contribution in [3.63, 3.8) is 0 Å². The molecular weight excluding hydrogens is 270 g/mol. The van der Waals surface area contributed by atoms with Crippen molar-refractivity contribution in [1.82, 2.24) is 14.3 Å². The first kappa shape index (κ1) is 15.6. The van der Waals surface area contributed by atoms with E-state index >= 15 is 0 Å². The first-order valence-electron chi connectivity index (χ1n) is 5.79. The Morgan fingerprint density at radius 2 is 2.05 bits per heavy atom. The SMILES string of the molecule is COC(=O)C(NS(=O)(=O)c1cn(C)c(C)n1)C(C)C. The van der Waals surface area contributed by atoms with Crippen molar-refractivity contribution in [2.75, 3.05) is 7.11 Å². The van der Waals surface area contributed by atoms with E-state index in [9.17, 15) is 13.2 Å². The van der Waals surface area contributed by atoms with Gasteiger partial charge in [-0.3, -0.25) is 4.79 Å². The minimum Gasteiger partial charge on any atom is -0.468 e. The van der Waals surface area contributed by atoms with E-state index in [1.54, 1.807) is 32.4 Å². The minimum atomic E-state index is -3.84. The van der Waals surface area contributed by atoms with Crippen molar-refractivity contribution in [1.29, 1.82) is 0 Å². The first-order valence-corrected chi connectivity index (χ1v) is 7.27. The predicted octanol–water partition coefficient (Wildman–Crippen LogP) is 0.204. The highest BCUT2D eigenvalue weighted by Crippen LogP contribution is 2.12. The molecule has 1 N–H and O–H groups in total. The predicted molar refractivity (Wildman–Crippen MR) is 68.9 cm³/mol. The van der Waals surface area contributed by atoms with Crippen molar-refractivity contribution in [3.05, 3.63) is 12.0 Å². The van der Waals surface area contributed by atoms with Crippen molar-refractivity contribution in [2.45, 2.75) is 31.8 Å². The number of carbonyl (C=O) groups is 1. The summed E-state index contributed by atoms with van der Waals surface area (Å²) in [5, 5.41) is -0.109. The van der Waals surface area contributed by atoms with Crippen molar-refractivity contribution in [3.8, 4) is 0 Å². The van der Waals surface area contributed by atoms with Gasteiger partial charge in [-0.15, -0.1) is 0 Å². The second-order valence-corrected chi connectivity index (χ2v) is 6.26. The Kier molecular flexibility index (Phi) is 4.70. The van der Waals surface area contributed by atoms with Crippen LogP contribution in [-0.2, 0) is 26.6 Å². The Labute approximate surface area is 113 Å². The third kappa shape index (κ3) is 3.54. The number of aryl methyl sites for hydroxylation is 2. The number of esters is 1. The second kappa shape index (κ2) is 5.70. The van der Waals surface area contributed by atoms with E-state index in [2.05, 4.69) is 14.4 Å². The number of hydrogen-bond donors (Lipinski definition) is 1. The molecule has 0 radical (unpaired) electrons. The van der Waals surface area contributed by atoms with Gasteiger partial charge in [0.25, 0.3) is 10.0 Å². The summed E-state index contributed by atoms with van der Waals surface area (Å²) >= 11 is 0. The fourth-order valence-corrected chi connectivity index (χ4v) is 2.84. The molecule has 0 amide bonds. The average Bonchev–Trinajstić information content (AvgIpc) is 2.66. The van der Waals surface area contributed by atoms with Crippen molar-refractivity contribution in [2.24, 2.45) is 13.0 Å².